The highest BCUT2D eigenvalue weighted by Crippen LogP contribution is 2.22. The van der Waals surface area contributed by atoms with Crippen molar-refractivity contribution in [1.82, 2.24) is 0 Å². The lowest BCUT2D eigenvalue weighted by Crippen LogP contribution is -2.48. The number of unbranched alkanes of at least 4 members (excludes halogenated alkanes) is 13. The zero-order valence-corrected chi connectivity index (χ0v) is 21.8. The van der Waals surface area contributed by atoms with E-state index in [4.69, 9.17) is 10.5 Å². The Morgan fingerprint density at radius 3 is 1.55 bits per heavy atom. The van der Waals surface area contributed by atoms with Crippen molar-refractivity contribution in [2.45, 2.75) is 129 Å². The summed E-state index contributed by atoms with van der Waals surface area (Å²) in [4.78, 5) is 0. The molecule has 0 saturated heterocycles. The van der Waals surface area contributed by atoms with Crippen LogP contribution in [0.15, 0.2) is 30.3 Å². The molecular weight excluding hydrogens is 469 g/mol. The molecule has 0 bridgehead atoms. The number of para-hydroxylation sites is 1. The Labute approximate surface area is 198 Å². The van der Waals surface area contributed by atoms with Crippen LogP contribution in [0.4, 0.5) is 0 Å². The molecule has 2 nitrogen and oxygen atoms in total. The van der Waals surface area contributed by atoms with Crippen LogP contribution in [0.5, 0.6) is 5.75 Å². The third-order valence-corrected chi connectivity index (χ3v) is 5.67. The average Bonchev–Trinajstić information content (AvgIpc) is 2.67. The van der Waals surface area contributed by atoms with Crippen molar-refractivity contribution in [3.05, 3.63) is 30.3 Å². The molecule has 1 aromatic rings. The minimum Gasteiger partial charge on any atom is -0.489 e. The van der Waals surface area contributed by atoms with Gasteiger partial charge in [0, 0.05) is 5.54 Å². The van der Waals surface area contributed by atoms with E-state index in [9.17, 15) is 0 Å². The Morgan fingerprint density at radius 1 is 0.724 bits per heavy atom. The predicted octanol–water partition coefficient (Wildman–Crippen LogP) is 8.66. The zero-order chi connectivity index (χ0) is 20.5. The van der Waals surface area contributed by atoms with Crippen LogP contribution in [-0.4, -0.2) is 11.6 Å². The number of nitrogens with two attached hydrogens (primary N) is 1. The molecule has 0 amide bonds. The first-order chi connectivity index (χ1) is 13.5. The fourth-order valence-electron chi connectivity index (χ4n) is 3.77. The second kappa shape index (κ2) is 18.5. The number of ether oxygens (including phenoxy) is 1. The maximum absolute atomic E-state index is 6.36. The Kier molecular flexibility index (Phi) is 18.3. The van der Waals surface area contributed by atoms with Gasteiger partial charge in [0.2, 0.25) is 0 Å². The molecule has 0 radical (unpaired) electrons. The number of benzene rings is 1. The highest BCUT2D eigenvalue weighted by atomic mass is 127. The molecule has 0 fully saturated rings. The van der Waals surface area contributed by atoms with Gasteiger partial charge in [-0.1, -0.05) is 109 Å². The molecule has 0 aliphatic rings. The van der Waals surface area contributed by atoms with Gasteiger partial charge in [-0.3, -0.25) is 0 Å². The molecule has 0 spiro atoms. The smallest absolute Gasteiger partial charge is 0.119 e. The lowest BCUT2D eigenvalue weighted by Gasteiger charge is -2.31. The van der Waals surface area contributed by atoms with Crippen LogP contribution < -0.4 is 10.5 Å². The van der Waals surface area contributed by atoms with E-state index in [1.807, 2.05) is 30.3 Å². The van der Waals surface area contributed by atoms with Crippen molar-refractivity contribution in [3.8, 4) is 5.75 Å². The van der Waals surface area contributed by atoms with E-state index in [0.29, 0.717) is 0 Å². The molecule has 0 aliphatic carbocycles. The van der Waals surface area contributed by atoms with Gasteiger partial charge in [-0.2, -0.15) is 0 Å². The molecule has 0 aromatic heterocycles. The molecule has 170 valence electrons. The molecule has 0 saturated carbocycles. The number of halogens is 1. The Bertz CT molecular complexity index is 458. The summed E-state index contributed by atoms with van der Waals surface area (Å²) >= 11 is 0. The van der Waals surface area contributed by atoms with Gasteiger partial charge in [0.1, 0.15) is 11.9 Å². The van der Waals surface area contributed by atoms with Gasteiger partial charge in [-0.15, -0.1) is 24.0 Å². The maximum Gasteiger partial charge on any atom is 0.119 e. The van der Waals surface area contributed by atoms with Gasteiger partial charge >= 0.3 is 0 Å². The first kappa shape index (κ1) is 28.7. The Morgan fingerprint density at radius 2 is 1.14 bits per heavy atom. The molecule has 1 unspecified atom stereocenters. The van der Waals surface area contributed by atoms with Gasteiger partial charge in [0.15, 0.2) is 0 Å². The van der Waals surface area contributed by atoms with E-state index < -0.39 is 0 Å². The van der Waals surface area contributed by atoms with Gasteiger partial charge < -0.3 is 10.5 Å². The molecule has 1 aromatic carbocycles. The molecular formula is C26H48INO. The topological polar surface area (TPSA) is 35.2 Å². The molecule has 0 aliphatic heterocycles. The van der Waals surface area contributed by atoms with Crippen LogP contribution in [0.2, 0.25) is 0 Å². The first-order valence-corrected chi connectivity index (χ1v) is 12.0. The van der Waals surface area contributed by atoms with E-state index >= 15 is 0 Å². The Hall–Kier alpha value is -0.290. The minimum atomic E-state index is -0.313. The predicted molar refractivity (Wildman–Crippen MR) is 139 cm³/mol. The SMILES string of the molecule is CCCCCCCCCCCCCCCCC(Oc1ccccc1)C(C)(C)N.I. The van der Waals surface area contributed by atoms with Crippen molar-refractivity contribution < 1.29 is 4.74 Å². The lowest BCUT2D eigenvalue weighted by molar-refractivity contribution is 0.117. The summed E-state index contributed by atoms with van der Waals surface area (Å²) in [6.45, 7) is 6.44. The largest absolute Gasteiger partial charge is 0.489 e. The summed E-state index contributed by atoms with van der Waals surface area (Å²) < 4.78 is 6.17. The van der Waals surface area contributed by atoms with Gasteiger partial charge in [0.25, 0.3) is 0 Å². The van der Waals surface area contributed by atoms with E-state index in [-0.39, 0.29) is 35.6 Å². The van der Waals surface area contributed by atoms with Crippen molar-refractivity contribution in [2.24, 2.45) is 5.73 Å². The zero-order valence-electron chi connectivity index (χ0n) is 19.5. The third-order valence-electron chi connectivity index (χ3n) is 5.67. The summed E-state index contributed by atoms with van der Waals surface area (Å²) in [6, 6.07) is 10.1. The van der Waals surface area contributed by atoms with Crippen LogP contribution in [-0.2, 0) is 0 Å². The van der Waals surface area contributed by atoms with Crippen LogP contribution in [0.1, 0.15) is 117 Å². The minimum absolute atomic E-state index is 0. The average molecular weight is 518 g/mol. The molecule has 29 heavy (non-hydrogen) atoms. The first-order valence-electron chi connectivity index (χ1n) is 12.0. The summed E-state index contributed by atoms with van der Waals surface area (Å²) in [5, 5.41) is 0. The number of rotatable bonds is 18. The van der Waals surface area contributed by atoms with Crippen LogP contribution in [0.25, 0.3) is 0 Å². The van der Waals surface area contributed by atoms with E-state index in [0.717, 1.165) is 12.2 Å². The standard InChI is InChI=1S/C26H47NO.HI/c1-4-5-6-7-8-9-10-11-12-13-14-15-16-20-23-25(26(2,3)27)28-24-21-18-17-19-22-24;/h17-19,21-22,25H,4-16,20,23,27H2,1-3H3;1H. The summed E-state index contributed by atoms with van der Waals surface area (Å²) in [6.07, 6.45) is 20.6. The van der Waals surface area contributed by atoms with Crippen LogP contribution in [0.3, 0.4) is 0 Å². The van der Waals surface area contributed by atoms with Gasteiger partial charge in [-0.05, 0) is 38.8 Å². The maximum atomic E-state index is 6.36. The molecule has 1 rings (SSSR count). The number of hydrogen-bond donors (Lipinski definition) is 1. The highest BCUT2D eigenvalue weighted by molar-refractivity contribution is 14.0. The van der Waals surface area contributed by atoms with Crippen LogP contribution >= 0.6 is 24.0 Å². The summed E-state index contributed by atoms with van der Waals surface area (Å²) in [5.74, 6) is 0.927. The highest BCUT2D eigenvalue weighted by Gasteiger charge is 2.26. The van der Waals surface area contributed by atoms with Crippen LogP contribution in [0, 0.1) is 0 Å². The molecule has 2 N–H and O–H groups in total. The van der Waals surface area contributed by atoms with E-state index in [2.05, 4.69) is 20.8 Å². The van der Waals surface area contributed by atoms with Crippen molar-refractivity contribution >= 4 is 24.0 Å². The molecule has 3 heteroatoms. The second-order valence-electron chi connectivity index (χ2n) is 9.13. The normalized spacial score (nSPS) is 12.4. The van der Waals surface area contributed by atoms with Crippen molar-refractivity contribution in [1.29, 1.82) is 0 Å². The third kappa shape index (κ3) is 16.1. The second-order valence-corrected chi connectivity index (χ2v) is 9.13. The Balaban J connectivity index is 0.00000784. The van der Waals surface area contributed by atoms with Gasteiger partial charge in [-0.25, -0.2) is 0 Å². The number of hydrogen-bond acceptors (Lipinski definition) is 2. The molecule has 1 atom stereocenters. The molecule has 0 heterocycles. The quantitative estimate of drug-likeness (QED) is 0.156. The van der Waals surface area contributed by atoms with E-state index in [1.165, 1.54) is 89.9 Å². The lowest BCUT2D eigenvalue weighted by atomic mass is 9.93. The monoisotopic (exact) mass is 517 g/mol. The summed E-state index contributed by atoms with van der Waals surface area (Å²) in [7, 11) is 0. The van der Waals surface area contributed by atoms with Crippen molar-refractivity contribution in [3.63, 3.8) is 0 Å². The van der Waals surface area contributed by atoms with Gasteiger partial charge in [0.05, 0.1) is 0 Å². The van der Waals surface area contributed by atoms with Crippen molar-refractivity contribution in [2.75, 3.05) is 0 Å². The fourth-order valence-corrected chi connectivity index (χ4v) is 3.77. The summed E-state index contributed by atoms with van der Waals surface area (Å²) in [5.41, 5.74) is 6.04. The fraction of sp³-hybridized carbons (Fsp3) is 0.769. The van der Waals surface area contributed by atoms with E-state index in [1.54, 1.807) is 0 Å².